The molecule has 42 heavy (non-hydrogen) atoms. The van der Waals surface area contributed by atoms with E-state index in [2.05, 4.69) is 41.8 Å². The molecule has 4 aromatic rings. The smallest absolute Gasteiger partial charge is 0.357 e. The molecular weight excluding hydrogens is 528 g/mol. The van der Waals surface area contributed by atoms with Crippen LogP contribution in [-0.2, 0) is 4.74 Å². The molecule has 2 aliphatic heterocycles. The van der Waals surface area contributed by atoms with Gasteiger partial charge < -0.3 is 14.5 Å². The predicted molar refractivity (Wildman–Crippen MR) is 162 cm³/mol. The number of hydrogen-bond acceptors (Lipinski definition) is 9. The number of benzene rings is 1. The van der Waals surface area contributed by atoms with Crippen LogP contribution in [0, 0.1) is 17.2 Å². The molecule has 0 saturated carbocycles. The number of anilines is 2. The maximum Gasteiger partial charge on any atom is 0.357 e. The number of rotatable bonds is 7. The summed E-state index contributed by atoms with van der Waals surface area (Å²) >= 11 is 0. The van der Waals surface area contributed by atoms with Gasteiger partial charge in [0.25, 0.3) is 0 Å². The highest BCUT2D eigenvalue weighted by atomic mass is 16.5. The molecule has 2 saturated heterocycles. The Morgan fingerprint density at radius 3 is 2.43 bits per heavy atom. The number of carbonyl (C=O) groups is 1. The maximum absolute atomic E-state index is 13.0. The normalized spacial score (nSPS) is 15.9. The van der Waals surface area contributed by atoms with Crippen LogP contribution in [0.4, 0.5) is 11.6 Å². The Morgan fingerprint density at radius 2 is 1.76 bits per heavy atom. The van der Waals surface area contributed by atoms with Gasteiger partial charge in [0.2, 0.25) is 5.95 Å². The number of ether oxygens (including phenoxy) is 1. The number of esters is 1. The van der Waals surface area contributed by atoms with Crippen LogP contribution in [0.15, 0.2) is 42.7 Å². The molecule has 1 aromatic carbocycles. The molecule has 0 amide bonds. The maximum atomic E-state index is 13.0. The van der Waals surface area contributed by atoms with Crippen molar-refractivity contribution in [2.24, 2.45) is 5.92 Å². The lowest BCUT2D eigenvalue weighted by Gasteiger charge is -2.29. The summed E-state index contributed by atoms with van der Waals surface area (Å²) in [6, 6.07) is 12.5. The first-order chi connectivity index (χ1) is 20.5. The van der Waals surface area contributed by atoms with E-state index in [1.807, 2.05) is 16.8 Å². The van der Waals surface area contributed by atoms with Crippen molar-refractivity contribution in [1.82, 2.24) is 24.7 Å². The van der Waals surface area contributed by atoms with Crippen LogP contribution >= 0.6 is 0 Å². The molecule has 3 aromatic heterocycles. The Balaban J connectivity index is 1.47. The summed E-state index contributed by atoms with van der Waals surface area (Å²) in [5.74, 6) is 0.355. The summed E-state index contributed by atoms with van der Waals surface area (Å²) in [6.45, 7) is 9.86. The molecular formula is C32H36N8O2. The molecule has 216 valence electrons. The minimum Gasteiger partial charge on any atom is -0.461 e. The van der Waals surface area contributed by atoms with Crippen molar-refractivity contribution in [2.45, 2.75) is 52.4 Å². The van der Waals surface area contributed by atoms with Crippen molar-refractivity contribution in [1.29, 1.82) is 5.26 Å². The molecule has 0 atom stereocenters. The van der Waals surface area contributed by atoms with E-state index in [0.29, 0.717) is 11.6 Å². The van der Waals surface area contributed by atoms with Gasteiger partial charge in [-0.25, -0.2) is 24.4 Å². The van der Waals surface area contributed by atoms with Gasteiger partial charge in [0.15, 0.2) is 11.3 Å². The number of aromatic nitrogens is 5. The number of piperidine rings is 1. The van der Waals surface area contributed by atoms with Crippen LogP contribution < -0.4 is 9.80 Å². The number of hydrogen-bond donors (Lipinski definition) is 0. The summed E-state index contributed by atoms with van der Waals surface area (Å²) in [7, 11) is 0. The Kier molecular flexibility index (Phi) is 7.74. The zero-order valence-electron chi connectivity index (χ0n) is 24.5. The molecule has 6 rings (SSSR count). The summed E-state index contributed by atoms with van der Waals surface area (Å²) in [4.78, 5) is 31.8. The van der Waals surface area contributed by atoms with Gasteiger partial charge in [-0.15, -0.1) is 0 Å². The first kappa shape index (κ1) is 27.6. The molecule has 0 spiro atoms. The van der Waals surface area contributed by atoms with Crippen molar-refractivity contribution in [2.75, 3.05) is 42.6 Å². The highest BCUT2D eigenvalue weighted by Gasteiger charge is 2.25. The number of fused-ring (bicyclic) bond motifs is 1. The van der Waals surface area contributed by atoms with Crippen molar-refractivity contribution < 1.29 is 9.53 Å². The second kappa shape index (κ2) is 11.8. The van der Waals surface area contributed by atoms with Crippen molar-refractivity contribution in [3.05, 3.63) is 54.1 Å². The number of nitriles is 1. The van der Waals surface area contributed by atoms with E-state index < -0.39 is 5.97 Å². The quantitative estimate of drug-likeness (QED) is 0.268. The third-order valence-corrected chi connectivity index (χ3v) is 8.15. The molecule has 2 fully saturated rings. The third kappa shape index (κ3) is 5.27. The van der Waals surface area contributed by atoms with Gasteiger partial charge >= 0.3 is 5.97 Å². The standard InChI is InChI=1S/C32H36N8O2/c1-4-42-31(41)27-17-26(23-19-34-32(35-20-23)39-14-10-22(18-33)11-15-39)28-29(21(2)3)37-40(30(28)36-27)25-9-7-8-24(16-25)38-12-5-6-13-38/h7-9,16-17,19-22H,4-6,10-15H2,1-3H3. The fourth-order valence-corrected chi connectivity index (χ4v) is 5.89. The predicted octanol–water partition coefficient (Wildman–Crippen LogP) is 5.52. The lowest BCUT2D eigenvalue weighted by Crippen LogP contribution is -2.34. The lowest BCUT2D eigenvalue weighted by atomic mass is 9.98. The first-order valence-corrected chi connectivity index (χ1v) is 14.9. The molecule has 0 unspecified atom stereocenters. The summed E-state index contributed by atoms with van der Waals surface area (Å²) in [5.41, 5.74) is 5.32. The lowest BCUT2D eigenvalue weighted by molar-refractivity contribution is 0.0520. The second-order valence-electron chi connectivity index (χ2n) is 11.3. The molecule has 10 nitrogen and oxygen atoms in total. The van der Waals surface area contributed by atoms with E-state index in [1.165, 1.54) is 12.8 Å². The summed E-state index contributed by atoms with van der Waals surface area (Å²) in [6.07, 6.45) is 7.62. The zero-order valence-corrected chi connectivity index (χ0v) is 24.5. The molecule has 2 aliphatic rings. The average Bonchev–Trinajstić information content (AvgIpc) is 3.70. The van der Waals surface area contributed by atoms with E-state index >= 15 is 0 Å². The number of pyridine rings is 1. The molecule has 0 N–H and O–H groups in total. The molecule has 0 aliphatic carbocycles. The van der Waals surface area contributed by atoms with Gasteiger partial charge in [-0.05, 0) is 62.8 Å². The molecule has 10 heteroatoms. The Labute approximate surface area is 246 Å². The van der Waals surface area contributed by atoms with Gasteiger partial charge in [-0.2, -0.15) is 10.4 Å². The van der Waals surface area contributed by atoms with Gasteiger partial charge in [0, 0.05) is 61.3 Å². The van der Waals surface area contributed by atoms with Crippen LogP contribution in [0.1, 0.15) is 68.6 Å². The van der Waals surface area contributed by atoms with E-state index in [-0.39, 0.29) is 24.1 Å². The van der Waals surface area contributed by atoms with Crippen molar-refractivity contribution in [3.8, 4) is 22.9 Å². The molecule has 5 heterocycles. The summed E-state index contributed by atoms with van der Waals surface area (Å²) < 4.78 is 7.22. The monoisotopic (exact) mass is 564 g/mol. The van der Waals surface area contributed by atoms with Gasteiger partial charge in [-0.3, -0.25) is 0 Å². The van der Waals surface area contributed by atoms with Gasteiger partial charge in [-0.1, -0.05) is 19.9 Å². The Hall–Kier alpha value is -4.52. The van der Waals surface area contributed by atoms with E-state index in [4.69, 9.17) is 24.8 Å². The fraction of sp³-hybridized carbons (Fsp3) is 0.438. The average molecular weight is 565 g/mol. The van der Waals surface area contributed by atoms with Crippen LogP contribution in [0.5, 0.6) is 0 Å². The number of nitrogens with zero attached hydrogens (tertiary/aromatic N) is 8. The zero-order chi connectivity index (χ0) is 29.2. The Bertz CT molecular complexity index is 1630. The van der Waals surface area contributed by atoms with E-state index in [9.17, 15) is 10.1 Å². The fourth-order valence-electron chi connectivity index (χ4n) is 5.89. The molecule has 0 bridgehead atoms. The topological polar surface area (TPSA) is 113 Å². The number of carbonyl (C=O) groups excluding carboxylic acids is 1. The van der Waals surface area contributed by atoms with E-state index in [1.54, 1.807) is 25.4 Å². The van der Waals surface area contributed by atoms with Gasteiger partial charge in [0.1, 0.15) is 0 Å². The Morgan fingerprint density at radius 1 is 1.05 bits per heavy atom. The van der Waals surface area contributed by atoms with Crippen molar-refractivity contribution >= 4 is 28.6 Å². The molecule has 0 radical (unpaired) electrons. The van der Waals surface area contributed by atoms with E-state index in [0.717, 1.165) is 72.6 Å². The second-order valence-corrected chi connectivity index (χ2v) is 11.3. The first-order valence-electron chi connectivity index (χ1n) is 14.9. The van der Waals surface area contributed by atoms with Crippen LogP contribution in [0.2, 0.25) is 0 Å². The third-order valence-electron chi connectivity index (χ3n) is 8.15. The summed E-state index contributed by atoms with van der Waals surface area (Å²) in [5, 5.41) is 15.2. The minimum atomic E-state index is -0.483. The van der Waals surface area contributed by atoms with Crippen LogP contribution in [-0.4, -0.2) is 63.5 Å². The largest absolute Gasteiger partial charge is 0.461 e. The van der Waals surface area contributed by atoms with Crippen molar-refractivity contribution in [3.63, 3.8) is 0 Å². The highest BCUT2D eigenvalue weighted by Crippen LogP contribution is 2.36. The van der Waals surface area contributed by atoms with Crippen LogP contribution in [0.25, 0.3) is 27.8 Å². The highest BCUT2D eigenvalue weighted by molar-refractivity contribution is 6.00. The SMILES string of the molecule is CCOC(=O)c1cc(-c2cnc(N3CCC(C#N)CC3)nc2)c2c(C(C)C)nn(-c3cccc(N4CCCC4)c3)c2n1. The van der Waals surface area contributed by atoms with Crippen LogP contribution in [0.3, 0.4) is 0 Å². The minimum absolute atomic E-state index is 0.0916. The van der Waals surface area contributed by atoms with Gasteiger partial charge in [0.05, 0.1) is 29.4 Å².